The van der Waals surface area contributed by atoms with E-state index in [0.29, 0.717) is 23.6 Å². The lowest BCUT2D eigenvalue weighted by Crippen LogP contribution is -2.38. The molecule has 0 aromatic heterocycles. The maximum Gasteiger partial charge on any atom is 0.253 e. The van der Waals surface area contributed by atoms with Crippen molar-refractivity contribution in [1.82, 2.24) is 10.2 Å². The SMILES string of the molecule is CCCNC(=O)c1ccc(C(=O)N2CCC(Cc3ccccc3)CC2)cc1. The molecule has 0 saturated carbocycles. The minimum absolute atomic E-state index is 0.0636. The van der Waals surface area contributed by atoms with Crippen LogP contribution in [-0.2, 0) is 6.42 Å². The van der Waals surface area contributed by atoms with Crippen LogP contribution in [0.4, 0.5) is 0 Å². The van der Waals surface area contributed by atoms with Crippen LogP contribution in [0.3, 0.4) is 0 Å². The minimum Gasteiger partial charge on any atom is -0.352 e. The van der Waals surface area contributed by atoms with Gasteiger partial charge in [0.1, 0.15) is 0 Å². The summed E-state index contributed by atoms with van der Waals surface area (Å²) in [6.45, 7) is 4.28. The van der Waals surface area contributed by atoms with Crippen LogP contribution in [0.25, 0.3) is 0 Å². The maximum atomic E-state index is 12.7. The Labute approximate surface area is 161 Å². The van der Waals surface area contributed by atoms with Gasteiger partial charge in [0.05, 0.1) is 0 Å². The summed E-state index contributed by atoms with van der Waals surface area (Å²) >= 11 is 0. The number of carbonyl (C=O) groups excluding carboxylic acids is 2. The first kappa shape index (κ1) is 19.2. The molecular weight excluding hydrogens is 336 g/mol. The van der Waals surface area contributed by atoms with E-state index >= 15 is 0 Å². The lowest BCUT2D eigenvalue weighted by molar-refractivity contribution is 0.0690. The molecule has 0 aliphatic carbocycles. The molecule has 0 bridgehead atoms. The van der Waals surface area contributed by atoms with Gasteiger partial charge >= 0.3 is 0 Å². The molecule has 1 aliphatic heterocycles. The Morgan fingerprint density at radius 2 is 1.59 bits per heavy atom. The number of benzene rings is 2. The summed E-state index contributed by atoms with van der Waals surface area (Å²) < 4.78 is 0. The van der Waals surface area contributed by atoms with Crippen LogP contribution >= 0.6 is 0 Å². The summed E-state index contributed by atoms with van der Waals surface area (Å²) in [5.41, 5.74) is 2.63. The molecular formula is C23H28N2O2. The van der Waals surface area contributed by atoms with Crippen LogP contribution in [0.1, 0.15) is 52.5 Å². The molecule has 4 nitrogen and oxygen atoms in total. The first-order chi connectivity index (χ1) is 13.2. The van der Waals surface area contributed by atoms with Crippen LogP contribution in [0.5, 0.6) is 0 Å². The zero-order chi connectivity index (χ0) is 19.1. The highest BCUT2D eigenvalue weighted by molar-refractivity contribution is 5.97. The number of likely N-dealkylation sites (tertiary alicyclic amines) is 1. The molecule has 1 saturated heterocycles. The topological polar surface area (TPSA) is 49.4 Å². The van der Waals surface area contributed by atoms with Crippen LogP contribution in [-0.4, -0.2) is 36.3 Å². The Kier molecular flexibility index (Phi) is 6.64. The number of piperidine rings is 1. The van der Waals surface area contributed by atoms with Crippen LogP contribution in [0, 0.1) is 5.92 Å². The van der Waals surface area contributed by atoms with Gasteiger partial charge < -0.3 is 10.2 Å². The van der Waals surface area contributed by atoms with Crippen LogP contribution < -0.4 is 5.32 Å². The number of hydrogen-bond donors (Lipinski definition) is 1. The number of carbonyl (C=O) groups is 2. The van der Waals surface area contributed by atoms with E-state index in [9.17, 15) is 9.59 Å². The van der Waals surface area contributed by atoms with Crippen molar-refractivity contribution in [2.24, 2.45) is 5.92 Å². The number of amides is 2. The highest BCUT2D eigenvalue weighted by Gasteiger charge is 2.23. The van der Waals surface area contributed by atoms with Crippen molar-refractivity contribution < 1.29 is 9.59 Å². The van der Waals surface area contributed by atoms with Crippen molar-refractivity contribution in [3.05, 3.63) is 71.3 Å². The Balaban J connectivity index is 1.52. The molecule has 1 N–H and O–H groups in total. The van der Waals surface area contributed by atoms with Gasteiger partial charge in [-0.15, -0.1) is 0 Å². The summed E-state index contributed by atoms with van der Waals surface area (Å²) in [6, 6.07) is 17.6. The molecule has 3 rings (SSSR count). The third kappa shape index (κ3) is 5.19. The van der Waals surface area contributed by atoms with E-state index in [-0.39, 0.29) is 11.8 Å². The molecule has 2 aromatic rings. The van der Waals surface area contributed by atoms with Crippen molar-refractivity contribution in [2.75, 3.05) is 19.6 Å². The van der Waals surface area contributed by atoms with E-state index in [0.717, 1.165) is 38.8 Å². The number of rotatable bonds is 6. The van der Waals surface area contributed by atoms with E-state index < -0.39 is 0 Å². The normalized spacial score (nSPS) is 14.8. The second-order valence-corrected chi connectivity index (χ2v) is 7.26. The molecule has 0 spiro atoms. The molecule has 142 valence electrons. The van der Waals surface area contributed by atoms with Crippen LogP contribution in [0.2, 0.25) is 0 Å². The van der Waals surface area contributed by atoms with Crippen molar-refractivity contribution >= 4 is 11.8 Å². The van der Waals surface area contributed by atoms with Crippen molar-refractivity contribution in [1.29, 1.82) is 0 Å². The van der Waals surface area contributed by atoms with Gasteiger partial charge in [-0.3, -0.25) is 9.59 Å². The molecule has 4 heteroatoms. The summed E-state index contributed by atoms with van der Waals surface area (Å²) in [5, 5.41) is 2.85. The van der Waals surface area contributed by atoms with Crippen molar-refractivity contribution in [3.8, 4) is 0 Å². The third-order valence-electron chi connectivity index (χ3n) is 5.20. The molecule has 0 radical (unpaired) electrons. The molecule has 1 heterocycles. The Morgan fingerprint density at radius 3 is 2.22 bits per heavy atom. The maximum absolute atomic E-state index is 12.7. The minimum atomic E-state index is -0.0856. The zero-order valence-electron chi connectivity index (χ0n) is 16.0. The quantitative estimate of drug-likeness (QED) is 0.844. The van der Waals surface area contributed by atoms with Gasteiger partial charge in [0, 0.05) is 30.8 Å². The fraction of sp³-hybridized carbons (Fsp3) is 0.391. The number of hydrogen-bond acceptors (Lipinski definition) is 2. The number of nitrogens with one attached hydrogen (secondary N) is 1. The molecule has 1 aliphatic rings. The largest absolute Gasteiger partial charge is 0.352 e. The lowest BCUT2D eigenvalue weighted by Gasteiger charge is -2.32. The monoisotopic (exact) mass is 364 g/mol. The Bertz CT molecular complexity index is 748. The Hall–Kier alpha value is -2.62. The van der Waals surface area contributed by atoms with Gasteiger partial charge in [0.15, 0.2) is 0 Å². The zero-order valence-corrected chi connectivity index (χ0v) is 16.0. The molecule has 27 heavy (non-hydrogen) atoms. The summed E-state index contributed by atoms with van der Waals surface area (Å²) in [4.78, 5) is 26.6. The first-order valence-electron chi connectivity index (χ1n) is 9.89. The standard InChI is InChI=1S/C23H28N2O2/c1-2-14-24-22(26)20-8-10-21(11-9-20)23(27)25-15-12-19(13-16-25)17-18-6-4-3-5-7-18/h3-11,19H,2,12-17H2,1H3,(H,24,26). The predicted octanol–water partition coefficient (Wildman–Crippen LogP) is 3.92. The van der Waals surface area contributed by atoms with Crippen LogP contribution in [0.15, 0.2) is 54.6 Å². The van der Waals surface area contributed by atoms with E-state index in [1.165, 1.54) is 5.56 Å². The average Bonchev–Trinajstić information content (AvgIpc) is 2.73. The van der Waals surface area contributed by atoms with Crippen molar-refractivity contribution in [3.63, 3.8) is 0 Å². The molecule has 0 atom stereocenters. The summed E-state index contributed by atoms with van der Waals surface area (Å²) in [7, 11) is 0. The van der Waals surface area contributed by atoms with Gasteiger partial charge in [-0.1, -0.05) is 37.3 Å². The smallest absolute Gasteiger partial charge is 0.253 e. The second kappa shape index (κ2) is 9.36. The Morgan fingerprint density at radius 1 is 0.963 bits per heavy atom. The molecule has 1 fully saturated rings. The lowest BCUT2D eigenvalue weighted by atomic mass is 9.90. The molecule has 0 unspecified atom stereocenters. The van der Waals surface area contributed by atoms with E-state index in [1.54, 1.807) is 24.3 Å². The van der Waals surface area contributed by atoms with Gasteiger partial charge in [-0.25, -0.2) is 0 Å². The summed E-state index contributed by atoms with van der Waals surface area (Å²) in [5.74, 6) is 0.618. The summed E-state index contributed by atoms with van der Waals surface area (Å²) in [6.07, 6.45) is 4.07. The highest BCUT2D eigenvalue weighted by atomic mass is 16.2. The van der Waals surface area contributed by atoms with Gasteiger partial charge in [0.25, 0.3) is 11.8 Å². The first-order valence-corrected chi connectivity index (χ1v) is 9.89. The molecule has 2 aromatic carbocycles. The van der Waals surface area contributed by atoms with Crippen molar-refractivity contribution in [2.45, 2.75) is 32.6 Å². The molecule has 2 amide bonds. The highest BCUT2D eigenvalue weighted by Crippen LogP contribution is 2.23. The van der Waals surface area contributed by atoms with E-state index in [4.69, 9.17) is 0 Å². The second-order valence-electron chi connectivity index (χ2n) is 7.26. The fourth-order valence-corrected chi connectivity index (χ4v) is 3.57. The average molecular weight is 364 g/mol. The fourth-order valence-electron chi connectivity index (χ4n) is 3.57. The predicted molar refractivity (Wildman–Crippen MR) is 108 cm³/mol. The van der Waals surface area contributed by atoms with E-state index in [1.807, 2.05) is 17.9 Å². The van der Waals surface area contributed by atoms with Gasteiger partial charge in [-0.2, -0.15) is 0 Å². The van der Waals surface area contributed by atoms with Gasteiger partial charge in [-0.05, 0) is 61.4 Å². The van der Waals surface area contributed by atoms with E-state index in [2.05, 4.69) is 29.6 Å². The number of nitrogens with zero attached hydrogens (tertiary/aromatic N) is 1. The van der Waals surface area contributed by atoms with Gasteiger partial charge in [0.2, 0.25) is 0 Å². The third-order valence-corrected chi connectivity index (χ3v) is 5.20.